The van der Waals surface area contributed by atoms with E-state index in [1.807, 2.05) is 81.4 Å². The highest BCUT2D eigenvalue weighted by Crippen LogP contribution is 2.41. The number of rotatable bonds is 7. The zero-order valence-electron chi connectivity index (χ0n) is 22.8. The maximum atomic E-state index is 6.66. The molecule has 4 saturated heterocycles. The summed E-state index contributed by atoms with van der Waals surface area (Å²) in [5.74, 6) is -0.791. The molecule has 39 heavy (non-hydrogen) atoms. The molecule has 2 aromatic rings. The standard InChI is InChI=1S/C30H38O9/c1-18-24(25-26(29(31-4)34-18)39-30(2,3)38-25)37-28-22(32-16-19-11-7-5-8-12-19)15-21-23(36-28)17-33-27(35-21)20-13-9-6-10-14-20/h5-14,18,21-29H,15-17H2,1-4H3/t18-,21-,22+,23+,24-,25+,26+,27?,28?,29+/m0/s1. The lowest BCUT2D eigenvalue weighted by atomic mass is 9.98. The Morgan fingerprint density at radius 2 is 1.56 bits per heavy atom. The van der Waals surface area contributed by atoms with Crippen molar-refractivity contribution in [2.24, 2.45) is 0 Å². The van der Waals surface area contributed by atoms with Gasteiger partial charge in [0.15, 0.2) is 24.7 Å². The molecular weight excluding hydrogens is 504 g/mol. The number of ether oxygens (including phenoxy) is 9. The predicted octanol–water partition coefficient (Wildman–Crippen LogP) is 4.10. The molecule has 4 aliphatic rings. The summed E-state index contributed by atoms with van der Waals surface area (Å²) in [4.78, 5) is 0. The SMILES string of the molecule is CO[C@@H]1O[C@@H](C)[C@H](OC2O[C@@H]3COC(c4ccccc4)O[C@H]3C[C@H]2OCc2ccccc2)[C@H]2OC(C)(C)O[C@@H]12. The van der Waals surface area contributed by atoms with Crippen LogP contribution in [0.25, 0.3) is 0 Å². The number of hydrogen-bond acceptors (Lipinski definition) is 9. The molecule has 6 rings (SSSR count). The molecule has 2 aromatic carbocycles. The van der Waals surface area contributed by atoms with E-state index in [2.05, 4.69) is 0 Å². The van der Waals surface area contributed by atoms with Gasteiger partial charge in [-0.3, -0.25) is 0 Å². The first-order valence-electron chi connectivity index (χ1n) is 13.7. The number of methoxy groups -OCH3 is 1. The van der Waals surface area contributed by atoms with Crippen LogP contribution in [0.5, 0.6) is 0 Å². The normalized spacial score (nSPS) is 39.6. The largest absolute Gasteiger partial charge is 0.368 e. The Labute approximate surface area is 229 Å². The van der Waals surface area contributed by atoms with Crippen molar-refractivity contribution in [3.05, 3.63) is 71.8 Å². The quantitative estimate of drug-likeness (QED) is 0.514. The third-order valence-electron chi connectivity index (χ3n) is 7.67. The van der Waals surface area contributed by atoms with E-state index in [4.69, 9.17) is 42.6 Å². The maximum absolute atomic E-state index is 6.66. The lowest BCUT2D eigenvalue weighted by Crippen LogP contribution is -2.61. The van der Waals surface area contributed by atoms with Gasteiger partial charge < -0.3 is 42.6 Å². The number of benzene rings is 2. The highest BCUT2D eigenvalue weighted by atomic mass is 16.8. The minimum atomic E-state index is -0.791. The first-order chi connectivity index (χ1) is 18.9. The van der Waals surface area contributed by atoms with Gasteiger partial charge in [0.05, 0.1) is 25.4 Å². The molecule has 4 aliphatic heterocycles. The van der Waals surface area contributed by atoms with Gasteiger partial charge in [0.25, 0.3) is 0 Å². The Morgan fingerprint density at radius 1 is 0.846 bits per heavy atom. The summed E-state index contributed by atoms with van der Waals surface area (Å²) in [6, 6.07) is 20.0. The Hall–Kier alpha value is -1.92. The van der Waals surface area contributed by atoms with Crippen LogP contribution in [-0.2, 0) is 49.2 Å². The molecular formula is C30H38O9. The van der Waals surface area contributed by atoms with Gasteiger partial charge in [-0.1, -0.05) is 60.7 Å². The topological polar surface area (TPSA) is 83.1 Å². The van der Waals surface area contributed by atoms with Gasteiger partial charge >= 0.3 is 0 Å². The van der Waals surface area contributed by atoms with Crippen LogP contribution in [0, 0.1) is 0 Å². The Bertz CT molecular complexity index is 1070. The fourth-order valence-electron chi connectivity index (χ4n) is 5.79. The molecule has 4 fully saturated rings. The van der Waals surface area contributed by atoms with Crippen LogP contribution in [0.1, 0.15) is 44.6 Å². The molecule has 0 amide bonds. The van der Waals surface area contributed by atoms with Crippen molar-refractivity contribution in [3.8, 4) is 0 Å². The maximum Gasteiger partial charge on any atom is 0.186 e. The smallest absolute Gasteiger partial charge is 0.186 e. The fourth-order valence-corrected chi connectivity index (χ4v) is 5.79. The number of hydrogen-bond donors (Lipinski definition) is 0. The van der Waals surface area contributed by atoms with E-state index < -0.39 is 43.0 Å². The Morgan fingerprint density at radius 3 is 2.31 bits per heavy atom. The Balaban J connectivity index is 1.20. The van der Waals surface area contributed by atoms with Gasteiger partial charge in [-0.2, -0.15) is 0 Å². The summed E-state index contributed by atoms with van der Waals surface area (Å²) >= 11 is 0. The lowest BCUT2D eigenvalue weighted by molar-refractivity contribution is -0.364. The van der Waals surface area contributed by atoms with Crippen molar-refractivity contribution in [1.29, 1.82) is 0 Å². The summed E-state index contributed by atoms with van der Waals surface area (Å²) in [5.41, 5.74) is 2.05. The third-order valence-corrected chi connectivity index (χ3v) is 7.67. The van der Waals surface area contributed by atoms with Crippen molar-refractivity contribution in [2.45, 2.75) is 101 Å². The van der Waals surface area contributed by atoms with Crippen molar-refractivity contribution in [3.63, 3.8) is 0 Å². The molecule has 0 aromatic heterocycles. The molecule has 0 saturated carbocycles. The highest BCUT2D eigenvalue weighted by Gasteiger charge is 2.56. The fraction of sp³-hybridized carbons (Fsp3) is 0.600. The van der Waals surface area contributed by atoms with Crippen LogP contribution in [-0.4, -0.2) is 74.8 Å². The van der Waals surface area contributed by atoms with Crippen LogP contribution in [0.4, 0.5) is 0 Å². The molecule has 9 heteroatoms. The third kappa shape index (κ3) is 5.93. The van der Waals surface area contributed by atoms with Gasteiger partial charge in [-0.25, -0.2) is 0 Å². The van der Waals surface area contributed by atoms with Crippen LogP contribution in [0.3, 0.4) is 0 Å². The molecule has 0 bridgehead atoms. The summed E-state index contributed by atoms with van der Waals surface area (Å²) in [6.45, 7) is 6.52. The minimum absolute atomic E-state index is 0.208. The summed E-state index contributed by atoms with van der Waals surface area (Å²) in [6.07, 6.45) is -3.61. The zero-order chi connectivity index (χ0) is 27.0. The molecule has 4 heterocycles. The van der Waals surface area contributed by atoms with Crippen LogP contribution in [0.15, 0.2) is 60.7 Å². The number of fused-ring (bicyclic) bond motifs is 2. The molecule has 9 nitrogen and oxygen atoms in total. The summed E-state index contributed by atoms with van der Waals surface area (Å²) < 4.78 is 56.1. The van der Waals surface area contributed by atoms with E-state index in [1.165, 1.54) is 0 Å². The van der Waals surface area contributed by atoms with Gasteiger partial charge in [-0.05, 0) is 26.3 Å². The van der Waals surface area contributed by atoms with Gasteiger partial charge in [0.2, 0.25) is 0 Å². The zero-order valence-corrected chi connectivity index (χ0v) is 22.8. The second-order valence-electron chi connectivity index (χ2n) is 11.0. The van der Waals surface area contributed by atoms with Crippen molar-refractivity contribution >= 4 is 0 Å². The van der Waals surface area contributed by atoms with Gasteiger partial charge in [-0.15, -0.1) is 0 Å². The second kappa shape index (κ2) is 11.5. The average Bonchev–Trinajstić information content (AvgIpc) is 3.29. The Kier molecular flexibility index (Phi) is 8.05. The van der Waals surface area contributed by atoms with Crippen molar-refractivity contribution < 1.29 is 42.6 Å². The summed E-state index contributed by atoms with van der Waals surface area (Å²) in [7, 11) is 1.61. The van der Waals surface area contributed by atoms with Crippen LogP contribution >= 0.6 is 0 Å². The molecule has 0 aliphatic carbocycles. The van der Waals surface area contributed by atoms with Crippen LogP contribution < -0.4 is 0 Å². The van der Waals surface area contributed by atoms with Crippen molar-refractivity contribution in [1.82, 2.24) is 0 Å². The average molecular weight is 543 g/mol. The minimum Gasteiger partial charge on any atom is -0.368 e. The van der Waals surface area contributed by atoms with Crippen LogP contribution in [0.2, 0.25) is 0 Å². The molecule has 0 spiro atoms. The van der Waals surface area contributed by atoms with E-state index in [1.54, 1.807) is 7.11 Å². The molecule has 0 N–H and O–H groups in total. The lowest BCUT2D eigenvalue weighted by Gasteiger charge is -2.47. The van der Waals surface area contributed by atoms with Gasteiger partial charge in [0.1, 0.15) is 30.5 Å². The van der Waals surface area contributed by atoms with E-state index in [0.717, 1.165) is 11.1 Å². The summed E-state index contributed by atoms with van der Waals surface area (Å²) in [5, 5.41) is 0. The highest BCUT2D eigenvalue weighted by molar-refractivity contribution is 5.17. The molecule has 212 valence electrons. The van der Waals surface area contributed by atoms with Crippen molar-refractivity contribution in [2.75, 3.05) is 13.7 Å². The van der Waals surface area contributed by atoms with E-state index in [-0.39, 0.29) is 24.4 Å². The van der Waals surface area contributed by atoms with E-state index in [0.29, 0.717) is 19.6 Å². The molecule has 10 atom stereocenters. The molecule has 2 unspecified atom stereocenters. The van der Waals surface area contributed by atoms with E-state index >= 15 is 0 Å². The first-order valence-corrected chi connectivity index (χ1v) is 13.7. The van der Waals surface area contributed by atoms with Gasteiger partial charge in [0, 0.05) is 19.1 Å². The predicted molar refractivity (Wildman–Crippen MR) is 138 cm³/mol. The second-order valence-corrected chi connectivity index (χ2v) is 11.0. The monoisotopic (exact) mass is 542 g/mol. The first kappa shape index (κ1) is 27.3. The molecule has 0 radical (unpaired) electrons. The van der Waals surface area contributed by atoms with E-state index in [9.17, 15) is 0 Å².